The molecule has 0 atom stereocenters. The Hall–Kier alpha value is -2.50. The SMILES string of the molecule is CC(C)CNC(=O)C1CCN(c2ccc(-c3cccc(F)c3)nn2)CC1. The van der Waals surface area contributed by atoms with Crippen molar-refractivity contribution in [1.29, 1.82) is 0 Å². The maximum absolute atomic E-state index is 13.3. The summed E-state index contributed by atoms with van der Waals surface area (Å²) in [6.07, 6.45) is 1.63. The third-order valence-corrected chi connectivity index (χ3v) is 4.65. The van der Waals surface area contributed by atoms with Gasteiger partial charge in [0.1, 0.15) is 5.82 Å². The highest BCUT2D eigenvalue weighted by molar-refractivity contribution is 5.79. The van der Waals surface area contributed by atoms with Crippen LogP contribution in [-0.4, -0.2) is 35.7 Å². The molecule has 0 saturated carbocycles. The summed E-state index contributed by atoms with van der Waals surface area (Å²) in [5, 5.41) is 11.5. The lowest BCUT2D eigenvalue weighted by Crippen LogP contribution is -2.41. The van der Waals surface area contributed by atoms with Crippen LogP contribution in [0.25, 0.3) is 11.3 Å². The number of piperidine rings is 1. The second-order valence-electron chi connectivity index (χ2n) is 7.19. The van der Waals surface area contributed by atoms with E-state index in [2.05, 4.69) is 34.3 Å². The highest BCUT2D eigenvalue weighted by atomic mass is 19.1. The average Bonchev–Trinajstić information content (AvgIpc) is 2.66. The Balaban J connectivity index is 1.57. The number of halogens is 1. The number of benzene rings is 1. The van der Waals surface area contributed by atoms with Crippen molar-refractivity contribution < 1.29 is 9.18 Å². The van der Waals surface area contributed by atoms with Crippen molar-refractivity contribution in [2.75, 3.05) is 24.5 Å². The lowest BCUT2D eigenvalue weighted by atomic mass is 9.95. The Kier molecular flexibility index (Phi) is 5.81. The zero-order chi connectivity index (χ0) is 18.5. The van der Waals surface area contributed by atoms with E-state index in [-0.39, 0.29) is 17.6 Å². The van der Waals surface area contributed by atoms with E-state index in [0.717, 1.165) is 38.3 Å². The summed E-state index contributed by atoms with van der Waals surface area (Å²) in [6, 6.07) is 10.1. The van der Waals surface area contributed by atoms with Crippen LogP contribution in [0.2, 0.25) is 0 Å². The third kappa shape index (κ3) is 4.56. The van der Waals surface area contributed by atoms with Crippen LogP contribution in [0.5, 0.6) is 0 Å². The number of rotatable bonds is 5. The van der Waals surface area contributed by atoms with E-state index in [1.807, 2.05) is 18.2 Å². The van der Waals surface area contributed by atoms with Crippen LogP contribution in [0.4, 0.5) is 10.2 Å². The molecule has 1 aromatic heterocycles. The predicted octanol–water partition coefficient (Wildman–Crippen LogP) is 3.27. The van der Waals surface area contributed by atoms with Crippen LogP contribution in [0.15, 0.2) is 36.4 Å². The minimum atomic E-state index is -0.286. The number of hydrogen-bond acceptors (Lipinski definition) is 4. The molecule has 2 aromatic rings. The first-order valence-electron chi connectivity index (χ1n) is 9.15. The molecule has 0 unspecified atom stereocenters. The van der Waals surface area contributed by atoms with E-state index in [1.54, 1.807) is 6.07 Å². The fraction of sp³-hybridized carbons (Fsp3) is 0.450. The largest absolute Gasteiger partial charge is 0.356 e. The highest BCUT2D eigenvalue weighted by Crippen LogP contribution is 2.23. The van der Waals surface area contributed by atoms with Gasteiger partial charge in [0.25, 0.3) is 0 Å². The van der Waals surface area contributed by atoms with Crippen molar-refractivity contribution in [2.45, 2.75) is 26.7 Å². The molecule has 0 aliphatic carbocycles. The number of amides is 1. The summed E-state index contributed by atoms with van der Waals surface area (Å²) in [5.41, 5.74) is 1.36. The topological polar surface area (TPSA) is 58.1 Å². The number of nitrogens with one attached hydrogen (secondary N) is 1. The summed E-state index contributed by atoms with van der Waals surface area (Å²) in [7, 11) is 0. The molecule has 1 fully saturated rings. The third-order valence-electron chi connectivity index (χ3n) is 4.65. The number of carbonyl (C=O) groups excluding carboxylic acids is 1. The van der Waals surface area contributed by atoms with E-state index in [1.165, 1.54) is 12.1 Å². The van der Waals surface area contributed by atoms with Gasteiger partial charge < -0.3 is 10.2 Å². The maximum atomic E-state index is 13.3. The van der Waals surface area contributed by atoms with Crippen LogP contribution in [-0.2, 0) is 4.79 Å². The molecule has 2 heterocycles. The van der Waals surface area contributed by atoms with E-state index in [0.29, 0.717) is 17.2 Å². The van der Waals surface area contributed by atoms with Gasteiger partial charge in [-0.2, -0.15) is 0 Å². The Morgan fingerprint density at radius 3 is 2.62 bits per heavy atom. The van der Waals surface area contributed by atoms with E-state index < -0.39 is 0 Å². The Bertz CT molecular complexity index is 740. The zero-order valence-electron chi connectivity index (χ0n) is 15.3. The monoisotopic (exact) mass is 356 g/mol. The van der Waals surface area contributed by atoms with Gasteiger partial charge in [-0.25, -0.2) is 4.39 Å². The molecule has 138 valence electrons. The fourth-order valence-corrected chi connectivity index (χ4v) is 3.12. The lowest BCUT2D eigenvalue weighted by Gasteiger charge is -2.32. The Morgan fingerprint density at radius 1 is 1.23 bits per heavy atom. The van der Waals surface area contributed by atoms with Crippen molar-refractivity contribution in [2.24, 2.45) is 11.8 Å². The summed E-state index contributed by atoms with van der Waals surface area (Å²) in [4.78, 5) is 14.3. The molecule has 6 heteroatoms. The van der Waals surface area contributed by atoms with Gasteiger partial charge in [0.2, 0.25) is 5.91 Å². The molecule has 0 spiro atoms. The molecule has 1 aliphatic heterocycles. The maximum Gasteiger partial charge on any atom is 0.223 e. The molecule has 1 saturated heterocycles. The first kappa shape index (κ1) is 18.3. The van der Waals surface area contributed by atoms with Crippen molar-refractivity contribution >= 4 is 11.7 Å². The number of carbonyl (C=O) groups is 1. The van der Waals surface area contributed by atoms with Gasteiger partial charge in [-0.1, -0.05) is 26.0 Å². The second-order valence-corrected chi connectivity index (χ2v) is 7.19. The first-order chi connectivity index (χ1) is 12.5. The van der Waals surface area contributed by atoms with Crippen molar-refractivity contribution in [3.63, 3.8) is 0 Å². The molecule has 1 aliphatic rings. The van der Waals surface area contributed by atoms with Crippen molar-refractivity contribution in [3.05, 3.63) is 42.2 Å². The minimum absolute atomic E-state index is 0.0736. The average molecular weight is 356 g/mol. The van der Waals surface area contributed by atoms with Crippen LogP contribution < -0.4 is 10.2 Å². The Morgan fingerprint density at radius 2 is 2.00 bits per heavy atom. The van der Waals surface area contributed by atoms with Gasteiger partial charge in [-0.15, -0.1) is 10.2 Å². The van der Waals surface area contributed by atoms with E-state index >= 15 is 0 Å². The molecular weight excluding hydrogens is 331 g/mol. The molecule has 0 bridgehead atoms. The van der Waals surface area contributed by atoms with Crippen LogP contribution >= 0.6 is 0 Å². The van der Waals surface area contributed by atoms with Gasteiger partial charge in [0.05, 0.1) is 5.69 Å². The molecule has 1 N–H and O–H groups in total. The van der Waals surface area contributed by atoms with Crippen molar-refractivity contribution in [3.8, 4) is 11.3 Å². The standard InChI is InChI=1S/C20H25FN4O/c1-14(2)13-22-20(26)15-8-10-25(11-9-15)19-7-6-18(23-24-19)16-4-3-5-17(21)12-16/h3-7,12,14-15H,8-11,13H2,1-2H3,(H,22,26). The van der Waals surface area contributed by atoms with Crippen LogP contribution in [0, 0.1) is 17.7 Å². The van der Waals surface area contributed by atoms with E-state index in [9.17, 15) is 9.18 Å². The molecule has 3 rings (SSSR count). The predicted molar refractivity (Wildman–Crippen MR) is 100 cm³/mol. The quantitative estimate of drug-likeness (QED) is 0.893. The molecule has 5 nitrogen and oxygen atoms in total. The normalized spacial score (nSPS) is 15.3. The number of anilines is 1. The molecule has 26 heavy (non-hydrogen) atoms. The number of nitrogens with zero attached hydrogens (tertiary/aromatic N) is 3. The minimum Gasteiger partial charge on any atom is -0.356 e. The Labute approximate surface area is 153 Å². The lowest BCUT2D eigenvalue weighted by molar-refractivity contribution is -0.125. The number of hydrogen-bond donors (Lipinski definition) is 1. The van der Waals surface area contributed by atoms with Crippen LogP contribution in [0.3, 0.4) is 0 Å². The van der Waals surface area contributed by atoms with Crippen molar-refractivity contribution in [1.82, 2.24) is 15.5 Å². The van der Waals surface area contributed by atoms with Gasteiger partial charge in [-0.3, -0.25) is 4.79 Å². The summed E-state index contributed by atoms with van der Waals surface area (Å²) in [5.74, 6) is 1.21. The van der Waals surface area contributed by atoms with Gasteiger partial charge in [0.15, 0.2) is 5.82 Å². The second kappa shape index (κ2) is 8.25. The summed E-state index contributed by atoms with van der Waals surface area (Å²) >= 11 is 0. The van der Waals surface area contributed by atoms with Gasteiger partial charge >= 0.3 is 0 Å². The summed E-state index contributed by atoms with van der Waals surface area (Å²) in [6.45, 7) is 6.48. The molecule has 1 aromatic carbocycles. The smallest absolute Gasteiger partial charge is 0.223 e. The number of aromatic nitrogens is 2. The van der Waals surface area contributed by atoms with Gasteiger partial charge in [0, 0.05) is 31.1 Å². The molecule has 1 amide bonds. The summed E-state index contributed by atoms with van der Waals surface area (Å²) < 4.78 is 13.3. The van der Waals surface area contributed by atoms with E-state index in [4.69, 9.17) is 0 Å². The molecule has 0 radical (unpaired) electrons. The first-order valence-corrected chi connectivity index (χ1v) is 9.15. The fourth-order valence-electron chi connectivity index (χ4n) is 3.12. The molecular formula is C20H25FN4O. The van der Waals surface area contributed by atoms with Crippen LogP contribution in [0.1, 0.15) is 26.7 Å². The van der Waals surface area contributed by atoms with Gasteiger partial charge in [-0.05, 0) is 43.0 Å². The zero-order valence-corrected chi connectivity index (χ0v) is 15.3. The highest BCUT2D eigenvalue weighted by Gasteiger charge is 2.25.